The summed E-state index contributed by atoms with van der Waals surface area (Å²) in [6.07, 6.45) is 3.41. The summed E-state index contributed by atoms with van der Waals surface area (Å²) in [4.78, 5) is 11.7. The van der Waals surface area contributed by atoms with Crippen LogP contribution >= 0.6 is 0 Å². The molecule has 0 unspecified atom stereocenters. The lowest BCUT2D eigenvalue weighted by Crippen LogP contribution is -2.28. The number of carbonyl (C=O) groups is 1. The molecule has 0 bridgehead atoms. The third-order valence-corrected chi connectivity index (χ3v) is 3.88. The van der Waals surface area contributed by atoms with Gasteiger partial charge in [-0.05, 0) is 30.5 Å². The Labute approximate surface area is 117 Å². The van der Waals surface area contributed by atoms with Gasteiger partial charge in [0, 0.05) is 24.9 Å². The molecule has 6 nitrogen and oxygen atoms in total. The highest BCUT2D eigenvalue weighted by Crippen LogP contribution is 2.11. The van der Waals surface area contributed by atoms with Crippen LogP contribution in [0.5, 0.6) is 0 Å². The maximum atomic E-state index is 11.8. The minimum Gasteiger partial charge on any atom is -0.391 e. The number of hydrogen-bond acceptors (Lipinski definition) is 4. The molecule has 0 saturated carbocycles. The van der Waals surface area contributed by atoms with E-state index in [-0.39, 0.29) is 10.8 Å². The van der Waals surface area contributed by atoms with E-state index in [0.29, 0.717) is 12.1 Å². The van der Waals surface area contributed by atoms with Gasteiger partial charge in [0.2, 0.25) is 5.91 Å². The molecule has 7 heteroatoms. The van der Waals surface area contributed by atoms with E-state index >= 15 is 0 Å². The molecule has 1 amide bonds. The number of carbonyl (C=O) groups excluding carboxylic acids is 1. The van der Waals surface area contributed by atoms with Gasteiger partial charge in [-0.1, -0.05) is 12.1 Å². The fourth-order valence-electron chi connectivity index (χ4n) is 1.90. The highest BCUT2D eigenvalue weighted by atomic mass is 32.2. The molecule has 1 aliphatic rings. The van der Waals surface area contributed by atoms with E-state index < -0.39 is 10.1 Å². The van der Waals surface area contributed by atoms with Crippen molar-refractivity contribution in [2.75, 3.05) is 6.54 Å². The topological polar surface area (TPSA) is 95.5 Å². The van der Waals surface area contributed by atoms with Crippen molar-refractivity contribution in [1.82, 2.24) is 10.6 Å². The average Bonchev–Trinajstić information content (AvgIpc) is 2.45. The van der Waals surface area contributed by atoms with Crippen LogP contribution in [0, 0.1) is 0 Å². The van der Waals surface area contributed by atoms with Gasteiger partial charge in [0.15, 0.2) is 0 Å². The van der Waals surface area contributed by atoms with Crippen molar-refractivity contribution in [3.63, 3.8) is 0 Å². The van der Waals surface area contributed by atoms with Crippen LogP contribution in [0.4, 0.5) is 0 Å². The molecule has 0 aromatic heterocycles. The number of nitrogens with one attached hydrogen (secondary N) is 2. The Hall–Kier alpha value is -1.86. The van der Waals surface area contributed by atoms with E-state index in [2.05, 4.69) is 10.6 Å². The Kier molecular flexibility index (Phi) is 4.41. The molecule has 0 aliphatic carbocycles. The van der Waals surface area contributed by atoms with E-state index in [0.717, 1.165) is 24.9 Å². The molecular formula is C13H16N2O4S. The Morgan fingerprint density at radius 3 is 2.55 bits per heavy atom. The lowest BCUT2D eigenvalue weighted by atomic mass is 10.1. The third kappa shape index (κ3) is 3.82. The van der Waals surface area contributed by atoms with Crippen LogP contribution in [0.2, 0.25) is 0 Å². The fourth-order valence-corrected chi connectivity index (χ4v) is 2.38. The minimum absolute atomic E-state index is 0.129. The highest BCUT2D eigenvalue weighted by molar-refractivity contribution is 7.85. The van der Waals surface area contributed by atoms with Gasteiger partial charge >= 0.3 is 0 Å². The van der Waals surface area contributed by atoms with Crippen LogP contribution in [-0.4, -0.2) is 25.4 Å². The van der Waals surface area contributed by atoms with Crippen LogP contribution in [0.3, 0.4) is 0 Å². The first-order valence-corrected chi connectivity index (χ1v) is 7.68. The predicted molar refractivity (Wildman–Crippen MR) is 73.4 cm³/mol. The zero-order valence-electron chi connectivity index (χ0n) is 10.8. The molecule has 1 heterocycles. The van der Waals surface area contributed by atoms with E-state index in [1.54, 1.807) is 18.3 Å². The summed E-state index contributed by atoms with van der Waals surface area (Å²) in [7, 11) is -4.17. The minimum atomic E-state index is -4.17. The van der Waals surface area contributed by atoms with Gasteiger partial charge < -0.3 is 10.6 Å². The lowest BCUT2D eigenvalue weighted by Gasteiger charge is -2.14. The van der Waals surface area contributed by atoms with Crippen molar-refractivity contribution < 1.29 is 17.8 Å². The Bertz CT molecular complexity index is 620. The van der Waals surface area contributed by atoms with Crippen molar-refractivity contribution in [1.29, 1.82) is 0 Å². The van der Waals surface area contributed by atoms with E-state index in [4.69, 9.17) is 4.55 Å². The zero-order valence-corrected chi connectivity index (χ0v) is 11.6. The summed E-state index contributed by atoms with van der Waals surface area (Å²) in [5.74, 6) is -0.129. The van der Waals surface area contributed by atoms with Crippen molar-refractivity contribution in [3.05, 3.63) is 41.6 Å². The predicted octanol–water partition coefficient (Wildman–Crippen LogP) is 0.817. The second kappa shape index (κ2) is 6.06. The van der Waals surface area contributed by atoms with Gasteiger partial charge in [0.25, 0.3) is 10.1 Å². The van der Waals surface area contributed by atoms with Crippen LogP contribution in [0.25, 0.3) is 0 Å². The highest BCUT2D eigenvalue weighted by Gasteiger charge is 2.12. The molecule has 1 aromatic rings. The molecule has 0 spiro atoms. The molecule has 108 valence electrons. The van der Waals surface area contributed by atoms with Gasteiger partial charge in [-0.3, -0.25) is 9.35 Å². The Morgan fingerprint density at radius 2 is 2.00 bits per heavy atom. The molecule has 2 rings (SSSR count). The standard InChI is InChI=1S/C13H16N2O4S/c16-13(11-2-1-7-14-9-11)15-8-10-3-5-12(6-4-10)20(17,18)19/h3-6,9,14H,1-2,7-8H2,(H,15,16)(H,17,18,19). The van der Waals surface area contributed by atoms with Crippen molar-refractivity contribution >= 4 is 16.0 Å². The van der Waals surface area contributed by atoms with Crippen molar-refractivity contribution in [2.45, 2.75) is 24.3 Å². The molecule has 0 atom stereocenters. The average molecular weight is 296 g/mol. The largest absolute Gasteiger partial charge is 0.391 e. The summed E-state index contributed by atoms with van der Waals surface area (Å²) < 4.78 is 30.6. The number of amides is 1. The second-order valence-corrected chi connectivity index (χ2v) is 5.95. The molecule has 1 aliphatic heterocycles. The van der Waals surface area contributed by atoms with Gasteiger partial charge in [-0.25, -0.2) is 0 Å². The normalized spacial score (nSPS) is 15.2. The number of benzene rings is 1. The van der Waals surface area contributed by atoms with Crippen molar-refractivity contribution in [3.8, 4) is 0 Å². The van der Waals surface area contributed by atoms with Crippen LogP contribution in [0.1, 0.15) is 18.4 Å². The molecule has 0 radical (unpaired) electrons. The maximum absolute atomic E-state index is 11.8. The number of rotatable bonds is 4. The molecule has 1 aromatic carbocycles. The van der Waals surface area contributed by atoms with E-state index in [9.17, 15) is 13.2 Å². The first kappa shape index (κ1) is 14.5. The first-order valence-electron chi connectivity index (χ1n) is 6.24. The monoisotopic (exact) mass is 296 g/mol. The second-order valence-electron chi connectivity index (χ2n) is 4.53. The Morgan fingerprint density at radius 1 is 1.30 bits per heavy atom. The van der Waals surface area contributed by atoms with Gasteiger partial charge in [-0.15, -0.1) is 0 Å². The SMILES string of the molecule is O=C(NCc1ccc(S(=O)(=O)O)cc1)C1=CNCCC1. The van der Waals surface area contributed by atoms with Gasteiger partial charge in [0.1, 0.15) is 0 Å². The summed E-state index contributed by atoms with van der Waals surface area (Å²) in [6, 6.07) is 5.71. The number of hydrogen-bond donors (Lipinski definition) is 3. The van der Waals surface area contributed by atoms with Crippen LogP contribution in [0.15, 0.2) is 40.9 Å². The molecular weight excluding hydrogens is 280 g/mol. The molecule has 20 heavy (non-hydrogen) atoms. The van der Waals surface area contributed by atoms with Crippen LogP contribution in [-0.2, 0) is 21.5 Å². The maximum Gasteiger partial charge on any atom is 0.294 e. The van der Waals surface area contributed by atoms with Crippen molar-refractivity contribution in [2.24, 2.45) is 0 Å². The fraction of sp³-hybridized carbons (Fsp3) is 0.308. The van der Waals surface area contributed by atoms with Gasteiger partial charge in [-0.2, -0.15) is 8.42 Å². The summed E-state index contributed by atoms with van der Waals surface area (Å²) in [5.41, 5.74) is 1.47. The Balaban J connectivity index is 1.94. The summed E-state index contributed by atoms with van der Waals surface area (Å²) in [5, 5.41) is 5.79. The molecule has 0 fully saturated rings. The quantitative estimate of drug-likeness (QED) is 0.715. The van der Waals surface area contributed by atoms with E-state index in [1.165, 1.54) is 12.1 Å². The summed E-state index contributed by atoms with van der Waals surface area (Å²) in [6.45, 7) is 1.19. The molecule has 0 saturated heterocycles. The first-order chi connectivity index (χ1) is 9.47. The summed E-state index contributed by atoms with van der Waals surface area (Å²) >= 11 is 0. The third-order valence-electron chi connectivity index (χ3n) is 3.01. The smallest absolute Gasteiger partial charge is 0.294 e. The van der Waals surface area contributed by atoms with Gasteiger partial charge in [0.05, 0.1) is 4.90 Å². The van der Waals surface area contributed by atoms with E-state index in [1.807, 2.05) is 0 Å². The zero-order chi connectivity index (χ0) is 14.6. The van der Waals surface area contributed by atoms with Crippen LogP contribution < -0.4 is 10.6 Å². The molecule has 3 N–H and O–H groups in total. The lowest BCUT2D eigenvalue weighted by molar-refractivity contribution is -0.117.